The number of nitrogens with two attached hydrogens (primary N) is 1. The van der Waals surface area contributed by atoms with Crippen molar-refractivity contribution in [2.24, 2.45) is 5.73 Å². The molecule has 4 aromatic rings. The number of phenolic OH excluding ortho intramolecular Hbond substituents is 1. The lowest BCUT2D eigenvalue weighted by Crippen LogP contribution is -2.60. The Balaban J connectivity index is 1.37. The number of carbonyl (C=O) groups is 7. The van der Waals surface area contributed by atoms with Gasteiger partial charge in [-0.3, -0.25) is 28.8 Å². The first-order valence-electron chi connectivity index (χ1n) is 19.5. The summed E-state index contributed by atoms with van der Waals surface area (Å²) in [5, 5.41) is 46.0. The molecule has 1 saturated heterocycles. The van der Waals surface area contributed by atoms with Crippen molar-refractivity contribution in [1.29, 1.82) is 0 Å². The first-order chi connectivity index (χ1) is 28.8. The highest BCUT2D eigenvalue weighted by Gasteiger charge is 2.35. The van der Waals surface area contributed by atoms with E-state index in [1.807, 2.05) is 18.2 Å². The smallest absolute Gasteiger partial charge is 0.326 e. The Labute approximate surface area is 343 Å². The fraction of sp³-hybridized carbons (Fsp3) is 0.400. The second-order valence-corrected chi connectivity index (χ2v) is 14.5. The van der Waals surface area contributed by atoms with E-state index in [2.05, 4.69) is 46.9 Å². The molecule has 0 radical (unpaired) electrons. The molecule has 2 aromatic carbocycles. The number of fused-ring (bicyclic) bond motifs is 1. The van der Waals surface area contributed by atoms with Crippen LogP contribution in [-0.2, 0) is 52.8 Å². The van der Waals surface area contributed by atoms with Crippen molar-refractivity contribution < 1.29 is 48.9 Å². The van der Waals surface area contributed by atoms with Gasteiger partial charge in [0.1, 0.15) is 42.0 Å². The molecular weight excluding hydrogens is 780 g/mol. The molecule has 6 amide bonds. The number of hydrogen-bond acceptors (Lipinski definition) is 11. The van der Waals surface area contributed by atoms with Gasteiger partial charge in [-0.2, -0.15) is 0 Å². The van der Waals surface area contributed by atoms with Gasteiger partial charge in [0.25, 0.3) is 0 Å². The zero-order valence-corrected chi connectivity index (χ0v) is 32.6. The van der Waals surface area contributed by atoms with Crippen LogP contribution in [0.15, 0.2) is 67.3 Å². The normalized spacial score (nSPS) is 16.1. The molecule has 2 aromatic heterocycles. The molecule has 0 bridgehead atoms. The summed E-state index contributed by atoms with van der Waals surface area (Å²) in [6.07, 6.45) is 5.54. The molecule has 5 rings (SSSR count). The van der Waals surface area contributed by atoms with Crippen molar-refractivity contribution in [1.82, 2.24) is 46.9 Å². The van der Waals surface area contributed by atoms with Crippen molar-refractivity contribution in [3.8, 4) is 5.75 Å². The molecular formula is C40H50N10O10. The number of nitrogens with zero attached hydrogens (tertiary/aromatic N) is 1. The molecule has 1 aliphatic rings. The number of carbonyl (C=O) groups excluding carboxylic acids is 6. The molecule has 0 spiro atoms. The minimum atomic E-state index is -1.67. The maximum atomic E-state index is 14.2. The summed E-state index contributed by atoms with van der Waals surface area (Å²) < 4.78 is 0. The molecule has 0 unspecified atom stereocenters. The predicted octanol–water partition coefficient (Wildman–Crippen LogP) is -1.47. The van der Waals surface area contributed by atoms with Crippen LogP contribution in [0.5, 0.6) is 5.75 Å². The van der Waals surface area contributed by atoms with Gasteiger partial charge >= 0.3 is 5.97 Å². The average Bonchev–Trinajstić information content (AvgIpc) is 4.01. The standard InChI is InChI=1S/C40H50N10O10/c41-14-4-3-7-29(40(59)60)46-36(55)30(15-22-8-10-25(52)11-9-22)47-39(58)33(20-51)50-37(56)31(16-23-18-43-27-6-2-1-5-26(23)27)48-38(57)32(17-24-19-42-21-44-24)49-35(54)28-12-13-34(53)45-28/h1-2,5-6,8-11,18-19,21,28-33,43,51-52H,3-4,7,12-17,20,41H2,(H,42,44)(H,45,53)(H,46,55)(H,47,58)(H,48,57)(H,49,54)(H,50,56)(H,59,60)/t28-,29+,30-,31-,32-,33-/m0/s1. The number of phenols is 1. The number of aliphatic carboxylic acids is 1. The third kappa shape index (κ3) is 12.4. The number of rotatable bonds is 22. The number of amides is 6. The Morgan fingerprint density at radius 1 is 0.783 bits per heavy atom. The second-order valence-electron chi connectivity index (χ2n) is 14.5. The predicted molar refractivity (Wildman–Crippen MR) is 215 cm³/mol. The van der Waals surface area contributed by atoms with E-state index in [0.29, 0.717) is 36.2 Å². The number of aromatic amines is 2. The Kier molecular flexibility index (Phi) is 15.7. The Morgan fingerprint density at radius 3 is 2.03 bits per heavy atom. The minimum Gasteiger partial charge on any atom is -0.508 e. The fourth-order valence-electron chi connectivity index (χ4n) is 6.75. The first kappa shape index (κ1) is 44.3. The quantitative estimate of drug-likeness (QED) is 0.0404. The van der Waals surface area contributed by atoms with Gasteiger partial charge in [0.15, 0.2) is 0 Å². The summed E-state index contributed by atoms with van der Waals surface area (Å²) in [6.45, 7) is -0.620. The fourth-order valence-corrected chi connectivity index (χ4v) is 6.75. The number of aliphatic hydroxyl groups excluding tert-OH is 1. The van der Waals surface area contributed by atoms with Gasteiger partial charge in [0.05, 0.1) is 12.9 Å². The van der Waals surface area contributed by atoms with E-state index < -0.39 is 78.4 Å². The number of para-hydroxylation sites is 1. The number of unbranched alkanes of at least 4 members (excludes halogenated alkanes) is 1. The van der Waals surface area contributed by atoms with Crippen LogP contribution in [0, 0.1) is 0 Å². The van der Waals surface area contributed by atoms with Crippen LogP contribution in [0.25, 0.3) is 10.9 Å². The maximum absolute atomic E-state index is 14.2. The molecule has 20 heteroatoms. The van der Waals surface area contributed by atoms with E-state index in [0.717, 1.165) is 10.9 Å². The first-order valence-corrected chi connectivity index (χ1v) is 19.5. The number of benzene rings is 2. The summed E-state index contributed by atoms with van der Waals surface area (Å²) in [5.41, 5.74) is 7.87. The van der Waals surface area contributed by atoms with Crippen LogP contribution in [0.2, 0.25) is 0 Å². The number of aromatic nitrogens is 3. The Hall–Kier alpha value is -6.80. The number of carboxylic acid groups (broad SMARTS) is 1. The van der Waals surface area contributed by atoms with Crippen molar-refractivity contribution in [2.45, 2.75) is 87.6 Å². The number of carboxylic acids is 1. The van der Waals surface area contributed by atoms with E-state index in [1.54, 1.807) is 12.3 Å². The van der Waals surface area contributed by atoms with Crippen LogP contribution < -0.4 is 37.6 Å². The summed E-state index contributed by atoms with van der Waals surface area (Å²) in [4.78, 5) is 103. The van der Waals surface area contributed by atoms with Crippen molar-refractivity contribution in [2.75, 3.05) is 13.2 Å². The summed E-state index contributed by atoms with van der Waals surface area (Å²) in [7, 11) is 0. The molecule has 60 heavy (non-hydrogen) atoms. The van der Waals surface area contributed by atoms with Crippen LogP contribution in [0.3, 0.4) is 0 Å². The van der Waals surface area contributed by atoms with Crippen molar-refractivity contribution >= 4 is 52.3 Å². The minimum absolute atomic E-state index is 0.0516. The highest BCUT2D eigenvalue weighted by molar-refractivity contribution is 5.98. The third-order valence-corrected chi connectivity index (χ3v) is 10.0. The second kappa shape index (κ2) is 21.3. The van der Waals surface area contributed by atoms with E-state index in [-0.39, 0.29) is 50.2 Å². The molecule has 1 aliphatic heterocycles. The van der Waals surface area contributed by atoms with Gasteiger partial charge in [0, 0.05) is 54.7 Å². The zero-order valence-electron chi connectivity index (χ0n) is 32.6. The van der Waals surface area contributed by atoms with Crippen LogP contribution in [0.1, 0.15) is 48.9 Å². The van der Waals surface area contributed by atoms with E-state index in [9.17, 15) is 48.9 Å². The highest BCUT2D eigenvalue weighted by Crippen LogP contribution is 2.20. The van der Waals surface area contributed by atoms with Gasteiger partial charge in [-0.05, 0) is 61.6 Å². The Morgan fingerprint density at radius 2 is 1.42 bits per heavy atom. The number of aromatic hydroxyl groups is 1. The van der Waals surface area contributed by atoms with Crippen LogP contribution in [-0.4, -0.2) is 121 Å². The average molecular weight is 831 g/mol. The molecule has 13 N–H and O–H groups in total. The number of hydrogen-bond donors (Lipinski definition) is 12. The largest absolute Gasteiger partial charge is 0.508 e. The van der Waals surface area contributed by atoms with Crippen molar-refractivity contribution in [3.05, 3.63) is 84.1 Å². The lowest BCUT2D eigenvalue weighted by atomic mass is 10.0. The summed E-state index contributed by atoms with van der Waals surface area (Å²) in [6, 6.07) is 5.11. The third-order valence-electron chi connectivity index (χ3n) is 10.0. The molecule has 320 valence electrons. The van der Waals surface area contributed by atoms with Crippen LogP contribution >= 0.6 is 0 Å². The molecule has 0 saturated carbocycles. The van der Waals surface area contributed by atoms with E-state index in [4.69, 9.17) is 5.73 Å². The van der Waals surface area contributed by atoms with E-state index in [1.165, 1.54) is 36.8 Å². The number of aliphatic hydroxyl groups is 1. The topological polar surface area (TPSA) is 323 Å². The Bertz CT molecular complexity index is 2120. The molecule has 0 aliphatic carbocycles. The number of H-pyrrole nitrogens is 2. The number of nitrogens with one attached hydrogen (secondary N) is 8. The lowest BCUT2D eigenvalue weighted by Gasteiger charge is -2.26. The summed E-state index contributed by atoms with van der Waals surface area (Å²) in [5.74, 6) is -5.80. The SMILES string of the molecule is NCCCC[C@@H](NC(=O)[C@H](Cc1ccc(O)cc1)NC(=O)[C@H](CO)NC(=O)[C@H](Cc1c[nH]c2ccccc12)NC(=O)[C@H](Cc1cnc[nH]1)NC(=O)[C@@H]1CCC(=O)N1)C(=O)O. The van der Waals surface area contributed by atoms with Gasteiger partial charge in [-0.15, -0.1) is 0 Å². The molecule has 1 fully saturated rings. The monoisotopic (exact) mass is 830 g/mol. The molecule has 3 heterocycles. The van der Waals surface area contributed by atoms with Crippen LogP contribution in [0.4, 0.5) is 0 Å². The van der Waals surface area contributed by atoms with Gasteiger partial charge in [-0.25, -0.2) is 9.78 Å². The van der Waals surface area contributed by atoms with Gasteiger partial charge in [0.2, 0.25) is 35.4 Å². The summed E-state index contributed by atoms with van der Waals surface area (Å²) >= 11 is 0. The molecule has 20 nitrogen and oxygen atoms in total. The van der Waals surface area contributed by atoms with E-state index >= 15 is 0 Å². The number of imidazole rings is 1. The highest BCUT2D eigenvalue weighted by atomic mass is 16.4. The van der Waals surface area contributed by atoms with Gasteiger partial charge < -0.3 is 62.9 Å². The lowest BCUT2D eigenvalue weighted by molar-refractivity contribution is -0.142. The maximum Gasteiger partial charge on any atom is 0.326 e. The molecule has 6 atom stereocenters. The van der Waals surface area contributed by atoms with Gasteiger partial charge in [-0.1, -0.05) is 30.3 Å². The van der Waals surface area contributed by atoms with Crippen molar-refractivity contribution in [3.63, 3.8) is 0 Å². The zero-order chi connectivity index (χ0) is 43.2.